The van der Waals surface area contributed by atoms with Crippen LogP contribution in [-0.2, 0) is 17.8 Å². The van der Waals surface area contributed by atoms with Crippen LogP contribution in [0.3, 0.4) is 0 Å². The predicted molar refractivity (Wildman–Crippen MR) is 109 cm³/mol. The second kappa shape index (κ2) is 8.22. The molecule has 6 nitrogen and oxygen atoms in total. The highest BCUT2D eigenvalue weighted by molar-refractivity contribution is 5.97. The molecule has 1 aromatic heterocycles. The molecular formula is C23H22N2O4. The van der Waals surface area contributed by atoms with E-state index in [-0.39, 0.29) is 11.8 Å². The average Bonchev–Trinajstić information content (AvgIpc) is 3.43. The molecule has 1 aliphatic heterocycles. The maximum Gasteiger partial charge on any atom is 0.255 e. The van der Waals surface area contributed by atoms with Crippen LogP contribution in [0.4, 0.5) is 0 Å². The number of carbonyl (C=O) groups is 2. The van der Waals surface area contributed by atoms with Crippen molar-refractivity contribution >= 4 is 11.8 Å². The molecule has 148 valence electrons. The summed E-state index contributed by atoms with van der Waals surface area (Å²) in [5.74, 6) is 0.386. The molecule has 3 aromatic rings. The largest absolute Gasteiger partial charge is 0.493 e. The van der Waals surface area contributed by atoms with Gasteiger partial charge in [0, 0.05) is 13.0 Å². The van der Waals surface area contributed by atoms with E-state index in [4.69, 9.17) is 9.15 Å². The van der Waals surface area contributed by atoms with Crippen molar-refractivity contribution in [2.75, 3.05) is 6.61 Å². The van der Waals surface area contributed by atoms with E-state index < -0.39 is 6.04 Å². The van der Waals surface area contributed by atoms with Gasteiger partial charge in [-0.15, -0.1) is 0 Å². The lowest BCUT2D eigenvalue weighted by molar-refractivity contribution is -0.122. The number of nitrogens with one attached hydrogen (secondary N) is 2. The summed E-state index contributed by atoms with van der Waals surface area (Å²) < 4.78 is 10.4. The fraction of sp³-hybridized carbons (Fsp3) is 0.217. The van der Waals surface area contributed by atoms with Gasteiger partial charge < -0.3 is 19.8 Å². The van der Waals surface area contributed by atoms with Crippen LogP contribution in [0, 0.1) is 0 Å². The van der Waals surface area contributed by atoms with Gasteiger partial charge in [0.2, 0.25) is 5.91 Å². The van der Waals surface area contributed by atoms with Gasteiger partial charge in [-0.05, 0) is 47.4 Å². The Morgan fingerprint density at radius 3 is 2.62 bits per heavy atom. The van der Waals surface area contributed by atoms with Gasteiger partial charge in [0.1, 0.15) is 18.1 Å². The van der Waals surface area contributed by atoms with Gasteiger partial charge in [0.25, 0.3) is 5.91 Å². The maximum atomic E-state index is 12.3. The molecule has 2 heterocycles. The maximum absolute atomic E-state index is 12.3. The van der Waals surface area contributed by atoms with E-state index in [2.05, 4.69) is 22.8 Å². The van der Waals surface area contributed by atoms with E-state index in [9.17, 15) is 9.59 Å². The first-order valence-corrected chi connectivity index (χ1v) is 9.56. The first-order valence-electron chi connectivity index (χ1n) is 9.56. The normalized spacial score (nSPS) is 13.3. The van der Waals surface area contributed by atoms with E-state index in [1.54, 1.807) is 13.0 Å². The third-order valence-electron chi connectivity index (χ3n) is 4.97. The van der Waals surface area contributed by atoms with Crippen LogP contribution in [0.2, 0.25) is 0 Å². The number of amides is 2. The van der Waals surface area contributed by atoms with Crippen molar-refractivity contribution in [1.29, 1.82) is 0 Å². The summed E-state index contributed by atoms with van der Waals surface area (Å²) in [6, 6.07) is 15.2. The van der Waals surface area contributed by atoms with Gasteiger partial charge in [0.15, 0.2) is 0 Å². The van der Waals surface area contributed by atoms with E-state index in [0.717, 1.165) is 35.5 Å². The molecule has 0 spiro atoms. The molecule has 1 aliphatic rings. The first-order chi connectivity index (χ1) is 14.1. The summed E-state index contributed by atoms with van der Waals surface area (Å²) in [5.41, 5.74) is 4.89. The van der Waals surface area contributed by atoms with Crippen LogP contribution in [0.15, 0.2) is 65.5 Å². The summed E-state index contributed by atoms with van der Waals surface area (Å²) in [7, 11) is 0. The Balaban J connectivity index is 1.32. The number of rotatable bonds is 6. The van der Waals surface area contributed by atoms with Crippen molar-refractivity contribution < 1.29 is 18.7 Å². The fourth-order valence-electron chi connectivity index (χ4n) is 3.26. The van der Waals surface area contributed by atoms with Crippen LogP contribution in [0.25, 0.3) is 11.1 Å². The van der Waals surface area contributed by atoms with Crippen molar-refractivity contribution in [3.63, 3.8) is 0 Å². The van der Waals surface area contributed by atoms with Crippen LogP contribution in [0.1, 0.15) is 28.4 Å². The quantitative estimate of drug-likeness (QED) is 0.677. The molecule has 2 aromatic carbocycles. The van der Waals surface area contributed by atoms with Crippen LogP contribution >= 0.6 is 0 Å². The first kappa shape index (κ1) is 18.8. The summed E-state index contributed by atoms with van der Waals surface area (Å²) in [5, 5.41) is 5.50. The second-order valence-electron chi connectivity index (χ2n) is 7.04. The van der Waals surface area contributed by atoms with Crippen LogP contribution in [0.5, 0.6) is 5.75 Å². The van der Waals surface area contributed by atoms with Gasteiger partial charge >= 0.3 is 0 Å². The summed E-state index contributed by atoms with van der Waals surface area (Å²) in [6.07, 6.45) is 3.71. The molecule has 2 N–H and O–H groups in total. The number of furan rings is 1. The number of hydrogen-bond donors (Lipinski definition) is 2. The van der Waals surface area contributed by atoms with E-state index in [1.165, 1.54) is 18.1 Å². The number of hydrogen-bond acceptors (Lipinski definition) is 4. The molecule has 0 saturated heterocycles. The zero-order valence-corrected chi connectivity index (χ0v) is 16.1. The highest BCUT2D eigenvalue weighted by atomic mass is 16.5. The molecule has 1 unspecified atom stereocenters. The molecule has 0 fully saturated rings. The zero-order chi connectivity index (χ0) is 20.2. The number of fused-ring (bicyclic) bond motifs is 1. The molecule has 0 bridgehead atoms. The van der Waals surface area contributed by atoms with Gasteiger partial charge in [-0.25, -0.2) is 0 Å². The third-order valence-corrected chi connectivity index (χ3v) is 4.97. The predicted octanol–water partition coefficient (Wildman–Crippen LogP) is 3.32. The molecule has 0 saturated carbocycles. The Morgan fingerprint density at radius 2 is 1.86 bits per heavy atom. The molecule has 6 heteroatoms. The summed E-state index contributed by atoms with van der Waals surface area (Å²) in [4.78, 5) is 24.2. The Labute approximate surface area is 168 Å². The Bertz CT molecular complexity index is 1010. The fourth-order valence-corrected chi connectivity index (χ4v) is 3.26. The lowest BCUT2D eigenvalue weighted by Gasteiger charge is -2.14. The minimum Gasteiger partial charge on any atom is -0.493 e. The Hall–Kier alpha value is -3.54. The number of carbonyl (C=O) groups excluding carboxylic acids is 2. The SMILES string of the molecule is CC(NC(=O)c1ccoc1)C(=O)NCc1ccc(-c2ccc3c(c2)CCO3)cc1. The molecule has 0 radical (unpaired) electrons. The highest BCUT2D eigenvalue weighted by Crippen LogP contribution is 2.30. The van der Waals surface area contributed by atoms with Gasteiger partial charge in [-0.2, -0.15) is 0 Å². The van der Waals surface area contributed by atoms with Crippen molar-refractivity contribution in [3.8, 4) is 16.9 Å². The number of benzene rings is 2. The molecule has 1 atom stereocenters. The molecular weight excluding hydrogens is 368 g/mol. The van der Waals surface area contributed by atoms with E-state index in [1.807, 2.05) is 30.3 Å². The Kier molecular flexibility index (Phi) is 5.33. The molecule has 0 aliphatic carbocycles. The minimum absolute atomic E-state index is 0.246. The van der Waals surface area contributed by atoms with Gasteiger partial charge in [0.05, 0.1) is 18.4 Å². The summed E-state index contributed by atoms with van der Waals surface area (Å²) >= 11 is 0. The monoisotopic (exact) mass is 390 g/mol. The van der Waals surface area contributed by atoms with Crippen LogP contribution < -0.4 is 15.4 Å². The van der Waals surface area contributed by atoms with Crippen molar-refractivity contribution in [1.82, 2.24) is 10.6 Å². The van der Waals surface area contributed by atoms with Crippen LogP contribution in [-0.4, -0.2) is 24.5 Å². The zero-order valence-electron chi connectivity index (χ0n) is 16.1. The smallest absolute Gasteiger partial charge is 0.255 e. The second-order valence-corrected chi connectivity index (χ2v) is 7.04. The van der Waals surface area contributed by atoms with Gasteiger partial charge in [-0.1, -0.05) is 30.3 Å². The standard InChI is InChI=1S/C23H22N2O4/c1-15(25-23(27)20-8-10-28-14-20)22(26)24-13-16-2-4-17(5-3-16)18-6-7-21-19(12-18)9-11-29-21/h2-8,10,12,14-15H,9,11,13H2,1H3,(H,24,26)(H,25,27). The van der Waals surface area contributed by atoms with Crippen molar-refractivity contribution in [2.45, 2.75) is 25.9 Å². The third kappa shape index (κ3) is 4.32. The lowest BCUT2D eigenvalue weighted by atomic mass is 10.0. The molecule has 2 amide bonds. The average molecular weight is 390 g/mol. The van der Waals surface area contributed by atoms with E-state index >= 15 is 0 Å². The lowest BCUT2D eigenvalue weighted by Crippen LogP contribution is -2.44. The molecule has 29 heavy (non-hydrogen) atoms. The van der Waals surface area contributed by atoms with Gasteiger partial charge in [-0.3, -0.25) is 9.59 Å². The number of ether oxygens (including phenoxy) is 1. The molecule has 4 rings (SSSR count). The topological polar surface area (TPSA) is 80.6 Å². The summed E-state index contributed by atoms with van der Waals surface area (Å²) in [6.45, 7) is 2.79. The Morgan fingerprint density at radius 1 is 1.07 bits per heavy atom. The van der Waals surface area contributed by atoms with Crippen molar-refractivity contribution in [3.05, 3.63) is 77.7 Å². The highest BCUT2D eigenvalue weighted by Gasteiger charge is 2.17. The minimum atomic E-state index is -0.648. The van der Waals surface area contributed by atoms with E-state index in [0.29, 0.717) is 12.1 Å². The van der Waals surface area contributed by atoms with Crippen molar-refractivity contribution in [2.24, 2.45) is 0 Å².